The van der Waals surface area contributed by atoms with Crippen molar-refractivity contribution in [2.24, 2.45) is 0 Å². The van der Waals surface area contributed by atoms with E-state index in [1.54, 1.807) is 11.3 Å². The first-order valence-corrected chi connectivity index (χ1v) is 5.35. The molecule has 3 nitrogen and oxygen atoms in total. The lowest BCUT2D eigenvalue weighted by Crippen LogP contribution is -1.90. The van der Waals surface area contributed by atoms with Gasteiger partial charge in [0.1, 0.15) is 0 Å². The maximum absolute atomic E-state index is 5.70. The molecule has 4 heteroatoms. The first-order valence-electron chi connectivity index (χ1n) is 4.53. The Morgan fingerprint density at radius 1 is 1.50 bits per heavy atom. The minimum Gasteiger partial charge on any atom is -0.381 e. The predicted molar refractivity (Wildman–Crippen MR) is 58.3 cm³/mol. The summed E-state index contributed by atoms with van der Waals surface area (Å²) in [7, 11) is 0. The second kappa shape index (κ2) is 3.46. The van der Waals surface area contributed by atoms with Crippen LogP contribution in [0.1, 0.15) is 17.4 Å². The van der Waals surface area contributed by atoms with Gasteiger partial charge in [-0.25, -0.2) is 0 Å². The normalized spacial score (nSPS) is 10.7. The van der Waals surface area contributed by atoms with Crippen LogP contribution in [0.25, 0.3) is 10.6 Å². The molecule has 0 atom stereocenters. The van der Waals surface area contributed by atoms with E-state index in [4.69, 9.17) is 10.3 Å². The first-order chi connectivity index (χ1) is 6.72. The number of nitrogens with two attached hydrogens (primary N) is 1. The van der Waals surface area contributed by atoms with Gasteiger partial charge in [0.15, 0.2) is 11.6 Å². The molecule has 2 heterocycles. The number of rotatable bonds is 2. The standard InChI is InChI=1S/C10H12N2OS/c1-3-7-9(13-12-10(7)11)8-5-4-6(2)14-8/h4-5H,3H2,1-2H3,(H2,11,12). The lowest BCUT2D eigenvalue weighted by molar-refractivity contribution is 0.436. The largest absolute Gasteiger partial charge is 0.381 e. The number of hydrogen-bond donors (Lipinski definition) is 1. The summed E-state index contributed by atoms with van der Waals surface area (Å²) in [6.45, 7) is 4.12. The van der Waals surface area contributed by atoms with Crippen LogP contribution in [0.5, 0.6) is 0 Å². The van der Waals surface area contributed by atoms with E-state index in [1.807, 2.05) is 13.0 Å². The molecule has 0 saturated heterocycles. The highest BCUT2D eigenvalue weighted by molar-refractivity contribution is 7.15. The summed E-state index contributed by atoms with van der Waals surface area (Å²) in [5, 5.41) is 3.78. The summed E-state index contributed by atoms with van der Waals surface area (Å²) in [5.74, 6) is 1.33. The van der Waals surface area contributed by atoms with Crippen LogP contribution in [0, 0.1) is 6.92 Å². The number of nitrogen functional groups attached to an aromatic ring is 1. The van der Waals surface area contributed by atoms with Crippen LogP contribution >= 0.6 is 11.3 Å². The maximum atomic E-state index is 5.70. The molecular formula is C10H12N2OS. The van der Waals surface area contributed by atoms with Gasteiger partial charge < -0.3 is 10.3 Å². The van der Waals surface area contributed by atoms with Crippen molar-refractivity contribution in [2.75, 3.05) is 5.73 Å². The van der Waals surface area contributed by atoms with Crippen LogP contribution in [0.2, 0.25) is 0 Å². The second-order valence-corrected chi connectivity index (χ2v) is 4.43. The van der Waals surface area contributed by atoms with Crippen molar-refractivity contribution in [3.8, 4) is 10.6 Å². The molecule has 2 aromatic heterocycles. The SMILES string of the molecule is CCc1c(N)noc1-c1ccc(C)s1. The van der Waals surface area contributed by atoms with Crippen molar-refractivity contribution < 1.29 is 4.52 Å². The fourth-order valence-corrected chi connectivity index (χ4v) is 2.29. The Morgan fingerprint density at radius 3 is 2.86 bits per heavy atom. The molecule has 74 valence electrons. The van der Waals surface area contributed by atoms with Crippen molar-refractivity contribution in [1.29, 1.82) is 0 Å². The molecule has 0 amide bonds. The molecule has 0 aliphatic carbocycles. The van der Waals surface area contributed by atoms with Gasteiger partial charge in [0.05, 0.1) is 4.88 Å². The third-order valence-corrected chi connectivity index (χ3v) is 3.14. The van der Waals surface area contributed by atoms with Crippen molar-refractivity contribution in [3.63, 3.8) is 0 Å². The lowest BCUT2D eigenvalue weighted by atomic mass is 10.2. The fourth-order valence-electron chi connectivity index (χ4n) is 1.41. The zero-order valence-corrected chi connectivity index (χ0v) is 9.02. The zero-order valence-electron chi connectivity index (χ0n) is 8.20. The maximum Gasteiger partial charge on any atom is 0.182 e. The second-order valence-electron chi connectivity index (χ2n) is 3.14. The van der Waals surface area contributed by atoms with Gasteiger partial charge in [0.2, 0.25) is 0 Å². The highest BCUT2D eigenvalue weighted by Crippen LogP contribution is 2.33. The molecule has 2 aromatic rings. The number of hydrogen-bond acceptors (Lipinski definition) is 4. The highest BCUT2D eigenvalue weighted by Gasteiger charge is 2.14. The molecule has 0 saturated carbocycles. The highest BCUT2D eigenvalue weighted by atomic mass is 32.1. The number of anilines is 1. The van der Waals surface area contributed by atoms with Crippen LogP contribution < -0.4 is 5.73 Å². The first kappa shape index (κ1) is 9.27. The average molecular weight is 208 g/mol. The molecule has 0 fully saturated rings. The quantitative estimate of drug-likeness (QED) is 0.825. The summed E-state index contributed by atoms with van der Waals surface area (Å²) < 4.78 is 5.22. The molecule has 2 N–H and O–H groups in total. The van der Waals surface area contributed by atoms with Crippen molar-refractivity contribution in [3.05, 3.63) is 22.6 Å². The summed E-state index contributed by atoms with van der Waals surface area (Å²) in [6, 6.07) is 4.11. The Bertz CT molecular complexity index is 445. The summed E-state index contributed by atoms with van der Waals surface area (Å²) in [6.07, 6.45) is 0.849. The van der Waals surface area contributed by atoms with Gasteiger partial charge >= 0.3 is 0 Å². The fraction of sp³-hybridized carbons (Fsp3) is 0.300. The van der Waals surface area contributed by atoms with Crippen LogP contribution in [0.4, 0.5) is 5.82 Å². The van der Waals surface area contributed by atoms with Crippen molar-refractivity contribution in [2.45, 2.75) is 20.3 Å². The van der Waals surface area contributed by atoms with E-state index < -0.39 is 0 Å². The molecular weight excluding hydrogens is 196 g/mol. The topological polar surface area (TPSA) is 52.0 Å². The van der Waals surface area contributed by atoms with Crippen LogP contribution in [0.15, 0.2) is 16.7 Å². The van der Waals surface area contributed by atoms with Gasteiger partial charge in [0.25, 0.3) is 0 Å². The van der Waals surface area contributed by atoms with Gasteiger partial charge in [-0.05, 0) is 25.5 Å². The molecule has 14 heavy (non-hydrogen) atoms. The van der Waals surface area contributed by atoms with Crippen LogP contribution in [-0.4, -0.2) is 5.16 Å². The molecule has 0 unspecified atom stereocenters. The Hall–Kier alpha value is -1.29. The van der Waals surface area contributed by atoms with Gasteiger partial charge in [0, 0.05) is 10.4 Å². The zero-order chi connectivity index (χ0) is 10.1. The van der Waals surface area contributed by atoms with Gasteiger partial charge in [-0.1, -0.05) is 12.1 Å². The number of aromatic nitrogens is 1. The summed E-state index contributed by atoms with van der Waals surface area (Å²) >= 11 is 1.69. The van der Waals surface area contributed by atoms with E-state index in [-0.39, 0.29) is 0 Å². The molecule has 0 aliphatic rings. The number of aryl methyl sites for hydroxylation is 1. The lowest BCUT2D eigenvalue weighted by Gasteiger charge is -1.94. The molecule has 0 spiro atoms. The third kappa shape index (κ3) is 1.42. The molecule has 0 aromatic carbocycles. The van der Waals surface area contributed by atoms with E-state index in [0.717, 1.165) is 22.6 Å². The minimum atomic E-state index is 0.508. The van der Waals surface area contributed by atoms with Crippen LogP contribution in [-0.2, 0) is 6.42 Å². The third-order valence-electron chi connectivity index (χ3n) is 2.14. The predicted octanol–water partition coefficient (Wildman–Crippen LogP) is 2.86. The Morgan fingerprint density at radius 2 is 2.29 bits per heavy atom. The van der Waals surface area contributed by atoms with E-state index in [9.17, 15) is 0 Å². The number of thiophene rings is 1. The molecule has 0 radical (unpaired) electrons. The Balaban J connectivity index is 2.51. The van der Waals surface area contributed by atoms with Gasteiger partial charge in [-0.15, -0.1) is 11.3 Å². The Labute approximate surface area is 86.5 Å². The van der Waals surface area contributed by atoms with Crippen LogP contribution in [0.3, 0.4) is 0 Å². The van der Waals surface area contributed by atoms with E-state index in [2.05, 4.69) is 18.1 Å². The van der Waals surface area contributed by atoms with Crippen molar-refractivity contribution >= 4 is 17.2 Å². The van der Waals surface area contributed by atoms with Gasteiger partial charge in [-0.2, -0.15) is 0 Å². The summed E-state index contributed by atoms with van der Waals surface area (Å²) in [4.78, 5) is 2.36. The van der Waals surface area contributed by atoms with E-state index in [0.29, 0.717) is 5.82 Å². The molecule has 2 rings (SSSR count). The van der Waals surface area contributed by atoms with E-state index in [1.165, 1.54) is 4.88 Å². The van der Waals surface area contributed by atoms with Gasteiger partial charge in [-0.3, -0.25) is 0 Å². The summed E-state index contributed by atoms with van der Waals surface area (Å²) in [5.41, 5.74) is 6.70. The Kier molecular flexibility index (Phi) is 2.29. The average Bonchev–Trinajstić information content (AvgIpc) is 2.71. The minimum absolute atomic E-state index is 0.508. The molecule has 0 bridgehead atoms. The van der Waals surface area contributed by atoms with E-state index >= 15 is 0 Å². The smallest absolute Gasteiger partial charge is 0.182 e. The number of nitrogens with zero attached hydrogens (tertiary/aromatic N) is 1. The monoisotopic (exact) mass is 208 g/mol. The molecule has 0 aliphatic heterocycles. The van der Waals surface area contributed by atoms with Crippen molar-refractivity contribution in [1.82, 2.24) is 5.16 Å².